The summed E-state index contributed by atoms with van der Waals surface area (Å²) in [6.07, 6.45) is 0. The number of hydrogen-bond acceptors (Lipinski definition) is 3. The monoisotopic (exact) mass is 249 g/mol. The fourth-order valence-electron chi connectivity index (χ4n) is 1.75. The average molecular weight is 250 g/mol. The van der Waals surface area contributed by atoms with E-state index in [9.17, 15) is 0 Å². The van der Waals surface area contributed by atoms with Gasteiger partial charge in [-0.05, 0) is 23.6 Å². The minimum atomic E-state index is 0.460. The summed E-state index contributed by atoms with van der Waals surface area (Å²) in [4.78, 5) is 4.29. The molecule has 0 bridgehead atoms. The van der Waals surface area contributed by atoms with E-state index in [1.807, 2.05) is 39.6 Å². The summed E-state index contributed by atoms with van der Waals surface area (Å²) in [6.45, 7) is 0. The Labute approximate surface area is 101 Å². The van der Waals surface area contributed by atoms with E-state index in [1.165, 1.54) is 0 Å². The fraction of sp³-hybridized carbons (Fsp3) is 0. The summed E-state index contributed by atoms with van der Waals surface area (Å²) >= 11 is 7.79. The quantitative estimate of drug-likeness (QED) is 0.719. The molecule has 3 nitrogen and oxygen atoms in total. The van der Waals surface area contributed by atoms with Crippen molar-refractivity contribution in [3.05, 3.63) is 40.0 Å². The lowest BCUT2D eigenvalue weighted by atomic mass is 10.3. The van der Waals surface area contributed by atoms with Gasteiger partial charge in [0.25, 0.3) is 0 Å². The van der Waals surface area contributed by atoms with Crippen LogP contribution in [-0.4, -0.2) is 9.55 Å². The van der Waals surface area contributed by atoms with Crippen LogP contribution >= 0.6 is 22.9 Å². The average Bonchev–Trinajstić information content (AvgIpc) is 2.84. The zero-order chi connectivity index (χ0) is 11.1. The third-order valence-electron chi connectivity index (χ3n) is 2.42. The van der Waals surface area contributed by atoms with E-state index in [2.05, 4.69) is 4.98 Å². The van der Waals surface area contributed by atoms with Crippen LogP contribution in [0.25, 0.3) is 16.7 Å². The molecule has 2 aromatic heterocycles. The molecule has 0 fully saturated rings. The van der Waals surface area contributed by atoms with Gasteiger partial charge in [0.2, 0.25) is 5.95 Å². The SMILES string of the molecule is Nc1nc2cccc(Cl)c2n1-c1ccsc1. The molecule has 0 saturated carbocycles. The van der Waals surface area contributed by atoms with Crippen LogP contribution in [0.4, 0.5) is 5.95 Å². The lowest BCUT2D eigenvalue weighted by Crippen LogP contribution is -1.99. The van der Waals surface area contributed by atoms with Crippen molar-refractivity contribution in [3.8, 4) is 5.69 Å². The maximum absolute atomic E-state index is 6.18. The Morgan fingerprint density at radius 1 is 1.31 bits per heavy atom. The largest absolute Gasteiger partial charge is 0.369 e. The van der Waals surface area contributed by atoms with Crippen LogP contribution < -0.4 is 5.73 Å². The van der Waals surface area contributed by atoms with Crippen LogP contribution in [0.15, 0.2) is 35.0 Å². The molecule has 0 atom stereocenters. The summed E-state index contributed by atoms with van der Waals surface area (Å²) in [5.41, 5.74) is 8.59. The van der Waals surface area contributed by atoms with Gasteiger partial charge >= 0.3 is 0 Å². The molecule has 2 N–H and O–H groups in total. The molecular formula is C11H8ClN3S. The van der Waals surface area contributed by atoms with Crippen molar-refractivity contribution in [2.24, 2.45) is 0 Å². The van der Waals surface area contributed by atoms with Crippen molar-refractivity contribution in [2.75, 3.05) is 5.73 Å². The number of benzene rings is 1. The Morgan fingerprint density at radius 3 is 2.94 bits per heavy atom. The number of imidazole rings is 1. The molecule has 0 spiro atoms. The molecule has 0 saturated heterocycles. The van der Waals surface area contributed by atoms with Gasteiger partial charge < -0.3 is 5.73 Å². The molecular weight excluding hydrogens is 242 g/mol. The molecule has 0 aliphatic carbocycles. The van der Waals surface area contributed by atoms with Gasteiger partial charge in [-0.3, -0.25) is 4.57 Å². The fourth-order valence-corrected chi connectivity index (χ4v) is 2.62. The van der Waals surface area contributed by atoms with Crippen molar-refractivity contribution in [2.45, 2.75) is 0 Å². The molecule has 0 radical (unpaired) electrons. The number of nitrogen functional groups attached to an aromatic ring is 1. The molecule has 3 aromatic rings. The minimum Gasteiger partial charge on any atom is -0.369 e. The first-order valence-corrected chi connectivity index (χ1v) is 6.04. The van der Waals surface area contributed by atoms with Crippen LogP contribution in [0.5, 0.6) is 0 Å². The second-order valence-corrected chi connectivity index (χ2v) is 4.58. The van der Waals surface area contributed by atoms with Gasteiger partial charge in [-0.25, -0.2) is 4.98 Å². The highest BCUT2D eigenvalue weighted by Gasteiger charge is 2.12. The van der Waals surface area contributed by atoms with E-state index in [0.29, 0.717) is 11.0 Å². The standard InChI is InChI=1S/C11H8ClN3S/c12-8-2-1-3-9-10(8)15(11(13)14-9)7-4-5-16-6-7/h1-6H,(H2,13,14). The first kappa shape index (κ1) is 9.69. The number of anilines is 1. The highest BCUT2D eigenvalue weighted by Crippen LogP contribution is 2.29. The van der Waals surface area contributed by atoms with E-state index in [1.54, 1.807) is 11.3 Å². The van der Waals surface area contributed by atoms with Gasteiger partial charge in [0.15, 0.2) is 0 Å². The number of halogens is 1. The zero-order valence-electron chi connectivity index (χ0n) is 8.22. The maximum atomic E-state index is 6.18. The van der Waals surface area contributed by atoms with Crippen molar-refractivity contribution in [1.82, 2.24) is 9.55 Å². The molecule has 80 valence electrons. The molecule has 0 aliphatic rings. The number of nitrogens with zero attached hydrogens (tertiary/aromatic N) is 2. The summed E-state index contributed by atoms with van der Waals surface area (Å²) in [7, 11) is 0. The van der Waals surface area contributed by atoms with E-state index in [-0.39, 0.29) is 0 Å². The van der Waals surface area contributed by atoms with Crippen LogP contribution in [-0.2, 0) is 0 Å². The molecule has 16 heavy (non-hydrogen) atoms. The van der Waals surface area contributed by atoms with Crippen molar-refractivity contribution in [3.63, 3.8) is 0 Å². The predicted octanol–water partition coefficient (Wildman–Crippen LogP) is 3.32. The Hall–Kier alpha value is -1.52. The first-order valence-electron chi connectivity index (χ1n) is 4.72. The minimum absolute atomic E-state index is 0.460. The summed E-state index contributed by atoms with van der Waals surface area (Å²) in [6, 6.07) is 7.61. The van der Waals surface area contributed by atoms with Gasteiger partial charge in [0.05, 0.1) is 21.7 Å². The smallest absolute Gasteiger partial charge is 0.206 e. The first-order chi connectivity index (χ1) is 7.77. The van der Waals surface area contributed by atoms with Gasteiger partial charge in [0, 0.05) is 5.38 Å². The van der Waals surface area contributed by atoms with Gasteiger partial charge in [-0.15, -0.1) is 0 Å². The Bertz CT molecular complexity index is 643. The van der Waals surface area contributed by atoms with E-state index >= 15 is 0 Å². The van der Waals surface area contributed by atoms with E-state index in [4.69, 9.17) is 17.3 Å². The Morgan fingerprint density at radius 2 is 2.19 bits per heavy atom. The number of para-hydroxylation sites is 1. The number of hydrogen-bond donors (Lipinski definition) is 1. The second-order valence-electron chi connectivity index (χ2n) is 3.39. The number of aromatic nitrogens is 2. The molecule has 2 heterocycles. The lowest BCUT2D eigenvalue weighted by Gasteiger charge is -2.03. The van der Waals surface area contributed by atoms with Crippen molar-refractivity contribution < 1.29 is 0 Å². The van der Waals surface area contributed by atoms with Gasteiger partial charge in [0.1, 0.15) is 0 Å². The van der Waals surface area contributed by atoms with Crippen LogP contribution in [0.3, 0.4) is 0 Å². The van der Waals surface area contributed by atoms with Gasteiger partial charge in [-0.1, -0.05) is 17.7 Å². The van der Waals surface area contributed by atoms with Gasteiger partial charge in [-0.2, -0.15) is 11.3 Å². The third kappa shape index (κ3) is 1.31. The highest BCUT2D eigenvalue weighted by atomic mass is 35.5. The van der Waals surface area contributed by atoms with Crippen molar-refractivity contribution >= 4 is 39.9 Å². The molecule has 0 unspecified atom stereocenters. The zero-order valence-corrected chi connectivity index (χ0v) is 9.79. The number of nitrogens with two attached hydrogens (primary N) is 1. The summed E-state index contributed by atoms with van der Waals surface area (Å²) in [5, 5.41) is 4.67. The Balaban J connectivity index is 2.44. The molecule has 5 heteroatoms. The van der Waals surface area contributed by atoms with Crippen LogP contribution in [0.2, 0.25) is 5.02 Å². The van der Waals surface area contributed by atoms with Crippen LogP contribution in [0.1, 0.15) is 0 Å². The summed E-state index contributed by atoms with van der Waals surface area (Å²) < 4.78 is 1.87. The lowest BCUT2D eigenvalue weighted by molar-refractivity contribution is 1.12. The van der Waals surface area contributed by atoms with Crippen molar-refractivity contribution in [1.29, 1.82) is 0 Å². The number of thiophene rings is 1. The second kappa shape index (κ2) is 3.50. The normalized spacial score (nSPS) is 11.1. The Kier molecular flexibility index (Phi) is 2.12. The predicted molar refractivity (Wildman–Crippen MR) is 68.4 cm³/mol. The topological polar surface area (TPSA) is 43.8 Å². The van der Waals surface area contributed by atoms with E-state index in [0.717, 1.165) is 16.7 Å². The molecule has 3 rings (SSSR count). The third-order valence-corrected chi connectivity index (χ3v) is 3.39. The summed E-state index contributed by atoms with van der Waals surface area (Å²) in [5.74, 6) is 0.460. The highest BCUT2D eigenvalue weighted by molar-refractivity contribution is 7.08. The maximum Gasteiger partial charge on any atom is 0.206 e. The number of rotatable bonds is 1. The molecule has 1 aromatic carbocycles. The molecule has 0 amide bonds. The molecule has 0 aliphatic heterocycles. The number of fused-ring (bicyclic) bond motifs is 1. The van der Waals surface area contributed by atoms with Crippen LogP contribution in [0, 0.1) is 0 Å². The van der Waals surface area contributed by atoms with E-state index < -0.39 is 0 Å².